The number of hydrogen-bond donors (Lipinski definition) is 2. The summed E-state index contributed by atoms with van der Waals surface area (Å²) < 4.78 is 12.8. The van der Waals surface area contributed by atoms with Crippen LogP contribution in [-0.4, -0.2) is 47.5 Å². The average molecular weight is 450 g/mol. The molecule has 1 aliphatic heterocycles. The van der Waals surface area contributed by atoms with Gasteiger partial charge in [0.15, 0.2) is 0 Å². The number of nitrogens with zero attached hydrogens (tertiary/aromatic N) is 3. The number of benzene rings is 2. The van der Waals surface area contributed by atoms with E-state index < -0.39 is 0 Å². The van der Waals surface area contributed by atoms with Gasteiger partial charge < -0.3 is 14.8 Å². The van der Waals surface area contributed by atoms with E-state index in [0.717, 1.165) is 38.2 Å². The number of ether oxygens (including phenoxy) is 2. The Labute approximate surface area is 194 Å². The predicted octanol–water partition coefficient (Wildman–Crippen LogP) is 4.77. The fourth-order valence-electron chi connectivity index (χ4n) is 4.16. The SMILES string of the molecule is CCOc1ccc(CN2CCC(n3nccc3NC(=O)Nc3ccccc3OC)CC2)cc1. The van der Waals surface area contributed by atoms with Gasteiger partial charge >= 0.3 is 6.03 Å². The molecule has 3 aromatic rings. The number of piperidine rings is 1. The lowest BCUT2D eigenvalue weighted by atomic mass is 10.0. The summed E-state index contributed by atoms with van der Waals surface area (Å²) in [7, 11) is 1.58. The van der Waals surface area contributed by atoms with E-state index in [1.54, 1.807) is 25.4 Å². The molecule has 1 aromatic heterocycles. The highest BCUT2D eigenvalue weighted by Crippen LogP contribution is 2.27. The van der Waals surface area contributed by atoms with Crippen LogP contribution in [0.3, 0.4) is 0 Å². The lowest BCUT2D eigenvalue weighted by Crippen LogP contribution is -2.35. The first-order valence-corrected chi connectivity index (χ1v) is 11.3. The van der Waals surface area contributed by atoms with E-state index in [9.17, 15) is 4.79 Å². The molecule has 2 N–H and O–H groups in total. The minimum atomic E-state index is -0.325. The van der Waals surface area contributed by atoms with Crippen molar-refractivity contribution in [3.8, 4) is 11.5 Å². The van der Waals surface area contributed by atoms with Crippen LogP contribution in [-0.2, 0) is 6.54 Å². The number of anilines is 2. The molecule has 0 aliphatic carbocycles. The van der Waals surface area contributed by atoms with Crippen molar-refractivity contribution in [2.24, 2.45) is 0 Å². The zero-order valence-corrected chi connectivity index (χ0v) is 19.2. The van der Waals surface area contributed by atoms with Crippen molar-refractivity contribution in [1.82, 2.24) is 14.7 Å². The molecule has 2 aromatic carbocycles. The summed E-state index contributed by atoms with van der Waals surface area (Å²) in [5, 5.41) is 10.3. The quantitative estimate of drug-likeness (QED) is 0.518. The van der Waals surface area contributed by atoms with Crippen molar-refractivity contribution in [2.45, 2.75) is 32.4 Å². The second-order valence-electron chi connectivity index (χ2n) is 8.02. The van der Waals surface area contributed by atoms with Gasteiger partial charge in [0.25, 0.3) is 0 Å². The van der Waals surface area contributed by atoms with Crippen LogP contribution in [0.1, 0.15) is 31.4 Å². The number of methoxy groups -OCH3 is 1. The first-order valence-electron chi connectivity index (χ1n) is 11.3. The zero-order valence-electron chi connectivity index (χ0n) is 19.2. The van der Waals surface area contributed by atoms with Gasteiger partial charge in [-0.3, -0.25) is 10.2 Å². The lowest BCUT2D eigenvalue weighted by molar-refractivity contribution is 0.174. The van der Waals surface area contributed by atoms with Crippen LogP contribution in [0.15, 0.2) is 60.8 Å². The van der Waals surface area contributed by atoms with Crippen LogP contribution in [0.5, 0.6) is 11.5 Å². The molecule has 2 heterocycles. The first kappa shape index (κ1) is 22.7. The molecular weight excluding hydrogens is 418 g/mol. The van der Waals surface area contributed by atoms with Crippen molar-refractivity contribution >= 4 is 17.5 Å². The van der Waals surface area contributed by atoms with E-state index in [2.05, 4.69) is 32.8 Å². The predicted molar refractivity (Wildman–Crippen MR) is 129 cm³/mol. The largest absolute Gasteiger partial charge is 0.495 e. The van der Waals surface area contributed by atoms with Crippen molar-refractivity contribution in [2.75, 3.05) is 37.4 Å². The van der Waals surface area contributed by atoms with E-state index in [0.29, 0.717) is 23.9 Å². The van der Waals surface area contributed by atoms with Crippen LogP contribution >= 0.6 is 0 Å². The molecule has 0 bridgehead atoms. The molecule has 0 saturated carbocycles. The van der Waals surface area contributed by atoms with Gasteiger partial charge in [-0.05, 0) is 49.6 Å². The number of nitrogens with one attached hydrogen (secondary N) is 2. The van der Waals surface area contributed by atoms with Crippen molar-refractivity contribution in [3.63, 3.8) is 0 Å². The standard InChI is InChI=1S/C25H31N5O3/c1-3-33-21-10-8-19(9-11-21)18-29-16-13-20(14-17-29)30-24(12-15-26-30)28-25(31)27-22-6-4-5-7-23(22)32-2/h4-12,15,20H,3,13-14,16-18H2,1-2H3,(H2,27,28,31). The van der Waals surface area contributed by atoms with Crippen LogP contribution in [0, 0.1) is 0 Å². The first-order chi connectivity index (χ1) is 16.2. The Morgan fingerprint density at radius 1 is 1.06 bits per heavy atom. The molecular formula is C25H31N5O3. The van der Waals surface area contributed by atoms with E-state index in [-0.39, 0.29) is 12.1 Å². The summed E-state index contributed by atoms with van der Waals surface area (Å²) in [5.74, 6) is 2.21. The lowest BCUT2D eigenvalue weighted by Gasteiger charge is -2.32. The van der Waals surface area contributed by atoms with Gasteiger partial charge in [0.05, 0.1) is 31.6 Å². The van der Waals surface area contributed by atoms with E-state index in [1.807, 2.05) is 41.9 Å². The number of rotatable bonds is 8. The number of amides is 2. The highest BCUT2D eigenvalue weighted by Gasteiger charge is 2.23. The number of carbonyl (C=O) groups is 1. The van der Waals surface area contributed by atoms with Gasteiger partial charge in [-0.1, -0.05) is 24.3 Å². The topological polar surface area (TPSA) is 80.7 Å². The minimum Gasteiger partial charge on any atom is -0.495 e. The molecule has 0 spiro atoms. The number of aromatic nitrogens is 2. The second kappa shape index (κ2) is 10.9. The number of carbonyl (C=O) groups excluding carboxylic acids is 1. The molecule has 33 heavy (non-hydrogen) atoms. The van der Waals surface area contributed by atoms with E-state index in [4.69, 9.17) is 9.47 Å². The highest BCUT2D eigenvalue weighted by molar-refractivity contribution is 6.00. The third-order valence-corrected chi connectivity index (χ3v) is 5.81. The van der Waals surface area contributed by atoms with Gasteiger partial charge in [0.1, 0.15) is 17.3 Å². The summed E-state index contributed by atoms with van der Waals surface area (Å²) >= 11 is 0. The maximum atomic E-state index is 12.6. The number of urea groups is 1. The van der Waals surface area contributed by atoms with Gasteiger partial charge in [0.2, 0.25) is 0 Å². The van der Waals surface area contributed by atoms with E-state index >= 15 is 0 Å². The van der Waals surface area contributed by atoms with Gasteiger partial charge in [-0.2, -0.15) is 5.10 Å². The van der Waals surface area contributed by atoms with Gasteiger partial charge in [-0.15, -0.1) is 0 Å². The van der Waals surface area contributed by atoms with Crippen LogP contribution < -0.4 is 20.1 Å². The van der Waals surface area contributed by atoms with Crippen LogP contribution in [0.4, 0.5) is 16.3 Å². The Bertz CT molecular complexity index is 1040. The van der Waals surface area contributed by atoms with Crippen molar-refractivity contribution in [1.29, 1.82) is 0 Å². The summed E-state index contributed by atoms with van der Waals surface area (Å²) in [5.41, 5.74) is 1.90. The van der Waals surface area contributed by atoms with Gasteiger partial charge in [0, 0.05) is 25.7 Å². The molecule has 0 atom stereocenters. The molecule has 174 valence electrons. The van der Waals surface area contributed by atoms with Crippen molar-refractivity contribution in [3.05, 3.63) is 66.4 Å². The number of likely N-dealkylation sites (tertiary alicyclic amines) is 1. The second-order valence-corrected chi connectivity index (χ2v) is 8.02. The Balaban J connectivity index is 1.30. The molecule has 0 radical (unpaired) electrons. The fourth-order valence-corrected chi connectivity index (χ4v) is 4.16. The van der Waals surface area contributed by atoms with Gasteiger partial charge in [-0.25, -0.2) is 9.48 Å². The van der Waals surface area contributed by atoms with Crippen molar-refractivity contribution < 1.29 is 14.3 Å². The number of para-hydroxylation sites is 2. The maximum absolute atomic E-state index is 12.6. The van der Waals surface area contributed by atoms with E-state index in [1.165, 1.54) is 5.56 Å². The monoisotopic (exact) mass is 449 g/mol. The Hall–Kier alpha value is -3.52. The summed E-state index contributed by atoms with van der Waals surface area (Å²) in [4.78, 5) is 15.0. The molecule has 1 saturated heterocycles. The normalized spacial score (nSPS) is 14.6. The fraction of sp³-hybridized carbons (Fsp3) is 0.360. The third kappa shape index (κ3) is 5.84. The molecule has 1 aliphatic rings. The Morgan fingerprint density at radius 3 is 2.55 bits per heavy atom. The average Bonchev–Trinajstić information content (AvgIpc) is 3.29. The maximum Gasteiger partial charge on any atom is 0.324 e. The third-order valence-electron chi connectivity index (χ3n) is 5.81. The van der Waals surface area contributed by atoms with Crippen LogP contribution in [0.2, 0.25) is 0 Å². The molecule has 4 rings (SSSR count). The number of hydrogen-bond acceptors (Lipinski definition) is 5. The summed E-state index contributed by atoms with van der Waals surface area (Å²) in [6.45, 7) is 5.55. The zero-order chi connectivity index (χ0) is 23.0. The molecule has 8 nitrogen and oxygen atoms in total. The summed E-state index contributed by atoms with van der Waals surface area (Å²) in [6, 6.07) is 17.4. The molecule has 0 unspecified atom stereocenters. The highest BCUT2D eigenvalue weighted by atomic mass is 16.5. The molecule has 1 fully saturated rings. The summed E-state index contributed by atoms with van der Waals surface area (Å²) in [6.07, 6.45) is 3.67. The Morgan fingerprint density at radius 2 is 1.82 bits per heavy atom. The minimum absolute atomic E-state index is 0.248. The Kier molecular flexibility index (Phi) is 7.47. The molecule has 2 amide bonds. The smallest absolute Gasteiger partial charge is 0.324 e. The van der Waals surface area contributed by atoms with Crippen LogP contribution in [0.25, 0.3) is 0 Å². The molecule has 8 heteroatoms.